The Hall–Kier alpha value is -1.26. The summed E-state index contributed by atoms with van der Waals surface area (Å²) in [5, 5.41) is 3.27. The average molecular weight is 272 g/mol. The normalized spacial score (nSPS) is 23.1. The second-order valence-electron chi connectivity index (χ2n) is 5.86. The summed E-state index contributed by atoms with van der Waals surface area (Å²) in [5.41, 5.74) is -0.552. The van der Waals surface area contributed by atoms with Crippen molar-refractivity contribution in [3.05, 3.63) is 23.9 Å². The van der Waals surface area contributed by atoms with E-state index in [1.807, 2.05) is 0 Å². The predicted molar refractivity (Wildman–Crippen MR) is 68.9 cm³/mol. The summed E-state index contributed by atoms with van der Waals surface area (Å²) in [4.78, 5) is 3.87. The molecular weight excluding hydrogens is 253 g/mol. The highest BCUT2D eigenvalue weighted by molar-refractivity contribution is 5.38. The van der Waals surface area contributed by atoms with Crippen LogP contribution in [0.3, 0.4) is 0 Å². The Balaban J connectivity index is 2.07. The van der Waals surface area contributed by atoms with Crippen LogP contribution in [-0.4, -0.2) is 11.0 Å². The lowest BCUT2D eigenvalue weighted by Gasteiger charge is -2.39. The number of hydrogen-bond donors (Lipinski definition) is 1. The maximum atomic E-state index is 12.4. The lowest BCUT2D eigenvalue weighted by atomic mass is 9.73. The maximum absolute atomic E-state index is 12.4. The average Bonchev–Trinajstić information content (AvgIpc) is 2.31. The van der Waals surface area contributed by atoms with Crippen LogP contribution in [0.4, 0.5) is 19.0 Å². The second kappa shape index (κ2) is 5.02. The Morgan fingerprint density at radius 3 is 2.53 bits per heavy atom. The molecule has 1 N–H and O–H groups in total. The van der Waals surface area contributed by atoms with Crippen molar-refractivity contribution >= 4 is 5.82 Å². The number of halogens is 3. The van der Waals surface area contributed by atoms with Gasteiger partial charge in [-0.15, -0.1) is 0 Å². The van der Waals surface area contributed by atoms with Gasteiger partial charge in [0.05, 0.1) is 5.56 Å². The number of alkyl halides is 3. The molecule has 1 saturated carbocycles. The fraction of sp³-hybridized carbons (Fsp3) is 0.643. The van der Waals surface area contributed by atoms with Crippen LogP contribution in [-0.2, 0) is 6.18 Å². The summed E-state index contributed by atoms with van der Waals surface area (Å²) in [5.74, 6) is 0.521. The van der Waals surface area contributed by atoms with Crippen molar-refractivity contribution in [2.24, 2.45) is 5.41 Å². The standard InChI is InChI=1S/C14H19F3N2/c1-13(2)8-4-3-5-11(13)19-12-7-6-10(9-18-12)14(15,16)17/h6-7,9,11H,3-5,8H2,1-2H3,(H,18,19). The zero-order valence-corrected chi connectivity index (χ0v) is 11.2. The van der Waals surface area contributed by atoms with Gasteiger partial charge in [0, 0.05) is 12.2 Å². The molecule has 1 unspecified atom stereocenters. The SMILES string of the molecule is CC1(C)CCCCC1Nc1ccc(C(F)(F)F)cn1. The first-order valence-electron chi connectivity index (χ1n) is 6.59. The van der Waals surface area contributed by atoms with Crippen LogP contribution in [0.25, 0.3) is 0 Å². The van der Waals surface area contributed by atoms with Gasteiger partial charge in [0.15, 0.2) is 0 Å². The lowest BCUT2D eigenvalue weighted by molar-refractivity contribution is -0.137. The van der Waals surface area contributed by atoms with E-state index in [2.05, 4.69) is 24.1 Å². The molecule has 1 aromatic rings. The zero-order valence-electron chi connectivity index (χ0n) is 11.2. The van der Waals surface area contributed by atoms with Crippen LogP contribution in [0.1, 0.15) is 45.1 Å². The van der Waals surface area contributed by atoms with Gasteiger partial charge in [0.1, 0.15) is 5.82 Å². The summed E-state index contributed by atoms with van der Waals surface area (Å²) in [6, 6.07) is 2.75. The van der Waals surface area contributed by atoms with Crippen molar-refractivity contribution in [1.82, 2.24) is 4.98 Å². The molecule has 106 valence electrons. The Morgan fingerprint density at radius 1 is 1.26 bits per heavy atom. The Morgan fingerprint density at radius 2 is 2.00 bits per heavy atom. The molecule has 0 bridgehead atoms. The largest absolute Gasteiger partial charge is 0.417 e. The summed E-state index contributed by atoms with van der Waals surface area (Å²) in [7, 11) is 0. The van der Waals surface area contributed by atoms with Crippen molar-refractivity contribution in [2.45, 2.75) is 51.7 Å². The first-order chi connectivity index (χ1) is 8.79. The van der Waals surface area contributed by atoms with Crippen LogP contribution in [0, 0.1) is 5.41 Å². The smallest absolute Gasteiger partial charge is 0.367 e. The highest BCUT2D eigenvalue weighted by atomic mass is 19.4. The molecule has 1 atom stereocenters. The molecule has 0 aromatic carbocycles. The molecule has 1 aliphatic carbocycles. The number of aromatic nitrogens is 1. The minimum atomic E-state index is -4.32. The minimum Gasteiger partial charge on any atom is -0.367 e. The molecule has 1 heterocycles. The van der Waals surface area contributed by atoms with Crippen LogP contribution >= 0.6 is 0 Å². The minimum absolute atomic E-state index is 0.155. The van der Waals surface area contributed by atoms with Gasteiger partial charge in [0.25, 0.3) is 0 Å². The quantitative estimate of drug-likeness (QED) is 0.858. The van der Waals surface area contributed by atoms with Gasteiger partial charge in [-0.2, -0.15) is 13.2 Å². The molecule has 0 aliphatic heterocycles. The van der Waals surface area contributed by atoms with E-state index in [-0.39, 0.29) is 11.5 Å². The van der Waals surface area contributed by atoms with E-state index >= 15 is 0 Å². The lowest BCUT2D eigenvalue weighted by Crippen LogP contribution is -2.39. The summed E-state index contributed by atoms with van der Waals surface area (Å²) in [6.45, 7) is 4.38. The molecule has 1 aliphatic rings. The molecule has 1 fully saturated rings. The number of nitrogens with zero attached hydrogens (tertiary/aromatic N) is 1. The van der Waals surface area contributed by atoms with E-state index < -0.39 is 11.7 Å². The Labute approximate surface area is 111 Å². The van der Waals surface area contributed by atoms with E-state index in [4.69, 9.17) is 0 Å². The van der Waals surface area contributed by atoms with Gasteiger partial charge in [-0.1, -0.05) is 26.7 Å². The van der Waals surface area contributed by atoms with E-state index in [0.29, 0.717) is 5.82 Å². The number of rotatable bonds is 2. The summed E-state index contributed by atoms with van der Waals surface area (Å²) < 4.78 is 37.3. The van der Waals surface area contributed by atoms with E-state index in [1.54, 1.807) is 0 Å². The van der Waals surface area contributed by atoms with Gasteiger partial charge in [0.2, 0.25) is 0 Å². The first kappa shape index (κ1) is 14.2. The van der Waals surface area contributed by atoms with Gasteiger partial charge in [-0.25, -0.2) is 4.98 Å². The van der Waals surface area contributed by atoms with Crippen molar-refractivity contribution in [3.8, 4) is 0 Å². The number of pyridine rings is 1. The van der Waals surface area contributed by atoms with Crippen LogP contribution < -0.4 is 5.32 Å². The molecule has 19 heavy (non-hydrogen) atoms. The van der Waals surface area contributed by atoms with Crippen LogP contribution in [0.15, 0.2) is 18.3 Å². The molecule has 0 amide bonds. The third kappa shape index (κ3) is 3.39. The van der Waals surface area contributed by atoms with Gasteiger partial charge in [-0.3, -0.25) is 0 Å². The summed E-state index contributed by atoms with van der Waals surface area (Å²) >= 11 is 0. The third-order valence-electron chi connectivity index (χ3n) is 3.92. The second-order valence-corrected chi connectivity index (χ2v) is 5.86. The number of hydrogen-bond acceptors (Lipinski definition) is 2. The monoisotopic (exact) mass is 272 g/mol. The topological polar surface area (TPSA) is 24.9 Å². The molecule has 2 nitrogen and oxygen atoms in total. The van der Waals surface area contributed by atoms with Crippen molar-refractivity contribution in [1.29, 1.82) is 0 Å². The molecular formula is C14H19F3N2. The molecule has 1 aromatic heterocycles. The van der Waals surface area contributed by atoms with Crippen LogP contribution in [0.2, 0.25) is 0 Å². The van der Waals surface area contributed by atoms with E-state index in [1.165, 1.54) is 12.5 Å². The van der Waals surface area contributed by atoms with Gasteiger partial charge >= 0.3 is 6.18 Å². The molecule has 0 radical (unpaired) electrons. The number of anilines is 1. The van der Waals surface area contributed by atoms with Gasteiger partial charge < -0.3 is 5.32 Å². The highest BCUT2D eigenvalue weighted by Crippen LogP contribution is 2.37. The molecule has 0 spiro atoms. The first-order valence-corrected chi connectivity index (χ1v) is 6.59. The fourth-order valence-corrected chi connectivity index (χ4v) is 2.59. The zero-order chi connectivity index (χ0) is 14.1. The summed E-state index contributed by atoms with van der Waals surface area (Å²) in [6.07, 6.45) is 1.10. The molecule has 5 heteroatoms. The van der Waals surface area contributed by atoms with Gasteiger partial charge in [-0.05, 0) is 30.4 Å². The van der Waals surface area contributed by atoms with E-state index in [0.717, 1.165) is 31.5 Å². The maximum Gasteiger partial charge on any atom is 0.417 e. The highest BCUT2D eigenvalue weighted by Gasteiger charge is 2.33. The van der Waals surface area contributed by atoms with Crippen molar-refractivity contribution in [3.63, 3.8) is 0 Å². The van der Waals surface area contributed by atoms with Crippen molar-refractivity contribution < 1.29 is 13.2 Å². The third-order valence-corrected chi connectivity index (χ3v) is 3.92. The predicted octanol–water partition coefficient (Wildman–Crippen LogP) is 4.48. The molecule has 0 saturated heterocycles. The number of nitrogens with one attached hydrogen (secondary N) is 1. The molecule has 2 rings (SSSR count). The van der Waals surface area contributed by atoms with Crippen molar-refractivity contribution in [2.75, 3.05) is 5.32 Å². The Kier molecular flexibility index (Phi) is 3.74. The Bertz CT molecular complexity index is 423. The van der Waals surface area contributed by atoms with Crippen LogP contribution in [0.5, 0.6) is 0 Å². The fourth-order valence-electron chi connectivity index (χ4n) is 2.59. The van der Waals surface area contributed by atoms with E-state index in [9.17, 15) is 13.2 Å².